The summed E-state index contributed by atoms with van der Waals surface area (Å²) in [6.45, 7) is 0. The van der Waals surface area contributed by atoms with Crippen molar-refractivity contribution in [2.45, 2.75) is 5.51 Å². The molecule has 0 bridgehead atoms. The van der Waals surface area contributed by atoms with Gasteiger partial charge < -0.3 is 4.18 Å². The molecule has 7 nitrogen and oxygen atoms in total. The molecule has 0 aliphatic rings. The van der Waals surface area contributed by atoms with E-state index < -0.39 is 44.4 Å². The van der Waals surface area contributed by atoms with Gasteiger partial charge in [0.1, 0.15) is 12.1 Å². The van der Waals surface area contributed by atoms with Gasteiger partial charge in [-0.2, -0.15) is 37.2 Å². The van der Waals surface area contributed by atoms with Crippen molar-refractivity contribution in [3.05, 3.63) is 23.8 Å². The summed E-state index contributed by atoms with van der Waals surface area (Å²) in [7, 11) is -6.17. The second-order valence-electron chi connectivity index (χ2n) is 3.54. The number of alkyl halides is 3. The zero-order valence-corrected chi connectivity index (χ0v) is 11.3. The number of anilines is 1. The third kappa shape index (κ3) is 4.27. The van der Waals surface area contributed by atoms with E-state index in [2.05, 4.69) is 9.28 Å². The van der Waals surface area contributed by atoms with E-state index in [9.17, 15) is 30.4 Å². The molecule has 1 aromatic carbocycles. The second kappa shape index (κ2) is 6.45. The van der Waals surface area contributed by atoms with Gasteiger partial charge in [-0.05, 0) is 0 Å². The fourth-order valence-electron chi connectivity index (χ4n) is 1.04. The summed E-state index contributed by atoms with van der Waals surface area (Å²) in [6, 6.07) is 2.81. The quantitative estimate of drug-likeness (QED) is 0.291. The minimum atomic E-state index is -6.17. The van der Waals surface area contributed by atoms with Gasteiger partial charge in [-0.15, -0.1) is 0 Å². The Hall–Kier alpha value is -2.93. The molecule has 0 atom stereocenters. The lowest BCUT2D eigenvalue weighted by Crippen LogP contribution is -2.28. The summed E-state index contributed by atoms with van der Waals surface area (Å²) in [5, 5.41) is 19.8. The third-order valence-electron chi connectivity index (χ3n) is 2.00. The molecule has 0 aliphatic heterocycles. The molecule has 1 N–H and O–H groups in total. The number of hydrogen-bond donors (Lipinski definition) is 1. The van der Waals surface area contributed by atoms with Crippen LogP contribution in [0.4, 0.5) is 27.6 Å². The van der Waals surface area contributed by atoms with Gasteiger partial charge in [-0.3, -0.25) is 5.43 Å². The summed E-state index contributed by atoms with van der Waals surface area (Å²) in [4.78, 5) is 0. The lowest BCUT2D eigenvalue weighted by Gasteiger charge is -2.11. The van der Waals surface area contributed by atoms with Gasteiger partial charge in [0.2, 0.25) is 5.71 Å². The minimum absolute atomic E-state index is 0.0253. The van der Waals surface area contributed by atoms with Crippen LogP contribution in [0.1, 0.15) is 0 Å². The third-order valence-corrected chi connectivity index (χ3v) is 2.97. The van der Waals surface area contributed by atoms with Gasteiger partial charge >= 0.3 is 15.6 Å². The number of rotatable bonds is 4. The first-order valence-corrected chi connectivity index (χ1v) is 6.56. The molecule has 0 aliphatic carbocycles. The van der Waals surface area contributed by atoms with E-state index in [4.69, 9.17) is 10.5 Å². The second-order valence-corrected chi connectivity index (χ2v) is 5.08. The molecular weight excluding hydrogens is 351 g/mol. The number of hydrogen-bond acceptors (Lipinski definition) is 7. The Bertz CT molecular complexity index is 820. The number of nitrogens with zero attached hydrogens (tertiary/aromatic N) is 3. The SMILES string of the molecule is N#CC(C#N)=NNc1cc(OS(=O)(=O)C(F)(F)F)c(F)cc1F. The van der Waals surface area contributed by atoms with E-state index >= 15 is 0 Å². The molecule has 0 saturated heterocycles. The summed E-state index contributed by atoms with van der Waals surface area (Å²) in [6.07, 6.45) is 0. The number of nitrogens with one attached hydrogen (secondary N) is 1. The van der Waals surface area contributed by atoms with Crippen LogP contribution in [0.25, 0.3) is 0 Å². The molecule has 0 saturated carbocycles. The predicted octanol–water partition coefficient (Wildman–Crippen LogP) is 2.01. The van der Waals surface area contributed by atoms with Crippen LogP contribution in [-0.2, 0) is 10.1 Å². The first-order valence-electron chi connectivity index (χ1n) is 5.15. The molecule has 13 heteroatoms. The molecule has 1 aromatic rings. The summed E-state index contributed by atoms with van der Waals surface area (Å²) < 4.78 is 88.3. The summed E-state index contributed by atoms with van der Waals surface area (Å²) in [5.74, 6) is -4.58. The average Bonchev–Trinajstić information content (AvgIpc) is 2.43. The van der Waals surface area contributed by atoms with Gasteiger partial charge in [0, 0.05) is 12.1 Å². The number of hydrazone groups is 1. The molecular formula is C10H3F5N4O3S. The van der Waals surface area contributed by atoms with Crippen LogP contribution in [-0.4, -0.2) is 19.6 Å². The van der Waals surface area contributed by atoms with Crippen LogP contribution in [0.15, 0.2) is 17.2 Å². The van der Waals surface area contributed by atoms with Crippen LogP contribution in [0.3, 0.4) is 0 Å². The largest absolute Gasteiger partial charge is 0.534 e. The normalized spacial score (nSPS) is 11.1. The van der Waals surface area contributed by atoms with Gasteiger partial charge in [-0.25, -0.2) is 8.78 Å². The molecule has 0 amide bonds. The number of halogens is 5. The van der Waals surface area contributed by atoms with Crippen molar-refractivity contribution < 1.29 is 34.6 Å². The fourth-order valence-corrected chi connectivity index (χ4v) is 1.49. The maximum absolute atomic E-state index is 13.4. The lowest BCUT2D eigenvalue weighted by atomic mass is 10.3. The standard InChI is InChI=1S/C10H3F5N4O3S/c11-6-1-7(12)9(22-23(20,21)10(13,14)15)2-8(6)19-18-5(3-16)4-17/h1-2,19H. The molecule has 23 heavy (non-hydrogen) atoms. The van der Waals surface area contributed by atoms with E-state index in [-0.39, 0.29) is 12.1 Å². The van der Waals surface area contributed by atoms with E-state index in [0.29, 0.717) is 0 Å². The van der Waals surface area contributed by atoms with E-state index in [1.54, 1.807) is 5.43 Å². The predicted molar refractivity (Wildman–Crippen MR) is 64.2 cm³/mol. The van der Waals surface area contributed by atoms with Gasteiger partial charge in [0.25, 0.3) is 0 Å². The van der Waals surface area contributed by atoms with Crippen LogP contribution in [0.5, 0.6) is 5.75 Å². The molecule has 0 heterocycles. The highest BCUT2D eigenvalue weighted by molar-refractivity contribution is 7.88. The maximum Gasteiger partial charge on any atom is 0.534 e. The van der Waals surface area contributed by atoms with Gasteiger partial charge in [0.05, 0.1) is 5.69 Å². The molecule has 0 aromatic heterocycles. The van der Waals surface area contributed by atoms with Crippen molar-refractivity contribution in [2.24, 2.45) is 5.10 Å². The Morgan fingerprint density at radius 3 is 2.22 bits per heavy atom. The zero-order chi connectivity index (χ0) is 17.8. The first kappa shape index (κ1) is 18.1. The molecule has 0 radical (unpaired) electrons. The lowest BCUT2D eigenvalue weighted by molar-refractivity contribution is -0.0500. The fraction of sp³-hybridized carbons (Fsp3) is 0.100. The highest BCUT2D eigenvalue weighted by Crippen LogP contribution is 2.31. The van der Waals surface area contributed by atoms with Crippen LogP contribution < -0.4 is 9.61 Å². The van der Waals surface area contributed by atoms with E-state index in [1.807, 2.05) is 0 Å². The van der Waals surface area contributed by atoms with Crippen molar-refractivity contribution in [2.75, 3.05) is 5.43 Å². The van der Waals surface area contributed by atoms with Crippen LogP contribution in [0.2, 0.25) is 0 Å². The van der Waals surface area contributed by atoms with Crippen molar-refractivity contribution in [1.82, 2.24) is 0 Å². The highest BCUT2D eigenvalue weighted by Gasteiger charge is 2.49. The van der Waals surface area contributed by atoms with Crippen LogP contribution >= 0.6 is 0 Å². The Balaban J connectivity index is 3.24. The maximum atomic E-state index is 13.4. The van der Waals surface area contributed by atoms with Crippen molar-refractivity contribution >= 4 is 21.5 Å². The summed E-state index contributed by atoms with van der Waals surface area (Å²) in [5.41, 5.74) is -5.68. The highest BCUT2D eigenvalue weighted by atomic mass is 32.2. The van der Waals surface area contributed by atoms with Gasteiger partial charge in [-0.1, -0.05) is 0 Å². The van der Waals surface area contributed by atoms with E-state index in [1.165, 1.54) is 12.1 Å². The minimum Gasteiger partial charge on any atom is -0.373 e. The van der Waals surface area contributed by atoms with Gasteiger partial charge in [0.15, 0.2) is 17.4 Å². The Morgan fingerprint density at radius 1 is 1.17 bits per heavy atom. The Labute approximate surface area is 125 Å². The number of benzene rings is 1. The summed E-state index contributed by atoms with van der Waals surface area (Å²) >= 11 is 0. The average molecular weight is 354 g/mol. The topological polar surface area (TPSA) is 115 Å². The molecule has 0 fully saturated rings. The van der Waals surface area contributed by atoms with Crippen molar-refractivity contribution in [3.63, 3.8) is 0 Å². The number of nitriles is 2. The van der Waals surface area contributed by atoms with Crippen molar-refractivity contribution in [1.29, 1.82) is 10.5 Å². The molecule has 0 spiro atoms. The van der Waals surface area contributed by atoms with Crippen molar-refractivity contribution in [3.8, 4) is 17.9 Å². The zero-order valence-electron chi connectivity index (χ0n) is 10.5. The van der Waals surface area contributed by atoms with Crippen LogP contribution in [0, 0.1) is 34.3 Å². The molecule has 0 unspecified atom stereocenters. The molecule has 122 valence electrons. The molecule has 1 rings (SSSR count). The smallest absolute Gasteiger partial charge is 0.373 e. The first-order chi connectivity index (χ1) is 10.5. The van der Waals surface area contributed by atoms with E-state index in [0.717, 1.165) is 0 Å². The monoisotopic (exact) mass is 354 g/mol. The Kier molecular flexibility index (Phi) is 5.08. The Morgan fingerprint density at radius 2 is 1.74 bits per heavy atom.